The Kier molecular flexibility index (Phi) is 3.02. The highest BCUT2D eigenvalue weighted by molar-refractivity contribution is 5.82. The van der Waals surface area contributed by atoms with Gasteiger partial charge in [-0.2, -0.15) is 0 Å². The van der Waals surface area contributed by atoms with E-state index in [0.717, 1.165) is 12.8 Å². The number of carbonyl (C=O) groups is 1. The molecule has 2 bridgehead atoms. The molecule has 2 heteroatoms. The molecule has 3 atom stereocenters. The van der Waals surface area contributed by atoms with E-state index in [1.807, 2.05) is 0 Å². The van der Waals surface area contributed by atoms with Crippen molar-refractivity contribution in [3.05, 3.63) is 12.2 Å². The first-order chi connectivity index (χ1) is 6.81. The molecule has 2 aliphatic carbocycles. The largest absolute Gasteiger partial charge is 0.385 e. The number of carbonyl (C=O) groups excluding carboxylic acids is 1. The summed E-state index contributed by atoms with van der Waals surface area (Å²) < 4.78 is 4.95. The molecule has 2 nitrogen and oxygen atoms in total. The van der Waals surface area contributed by atoms with E-state index in [4.69, 9.17) is 4.74 Å². The summed E-state index contributed by atoms with van der Waals surface area (Å²) in [6.07, 6.45) is 8.44. The lowest BCUT2D eigenvalue weighted by molar-refractivity contribution is -0.123. The summed E-state index contributed by atoms with van der Waals surface area (Å²) in [5, 5.41) is 0. The molecule has 0 N–H and O–H groups in total. The predicted octanol–water partition coefficient (Wildman–Crippen LogP) is 2.19. The molecule has 0 radical (unpaired) electrons. The van der Waals surface area contributed by atoms with E-state index in [9.17, 15) is 4.79 Å². The van der Waals surface area contributed by atoms with Crippen molar-refractivity contribution >= 4 is 5.78 Å². The third kappa shape index (κ3) is 1.90. The zero-order valence-electron chi connectivity index (χ0n) is 8.74. The zero-order valence-corrected chi connectivity index (χ0v) is 8.74. The third-order valence-corrected chi connectivity index (χ3v) is 3.46. The number of fused-ring (bicyclic) bond motifs is 2. The highest BCUT2D eigenvalue weighted by Gasteiger charge is 2.38. The monoisotopic (exact) mass is 194 g/mol. The van der Waals surface area contributed by atoms with Crippen LogP contribution in [0.1, 0.15) is 25.7 Å². The molecule has 0 aliphatic heterocycles. The molecule has 1 saturated carbocycles. The standard InChI is InChI=1S/C12H18O2/c1-14-6-2-3-12(13)11-8-9-4-5-10(11)7-9/h4-5,9-11H,2-3,6-8H2,1H3. The van der Waals surface area contributed by atoms with E-state index in [1.54, 1.807) is 7.11 Å². The molecule has 78 valence electrons. The van der Waals surface area contributed by atoms with Gasteiger partial charge in [-0.05, 0) is 31.1 Å². The number of ether oxygens (including phenoxy) is 1. The summed E-state index contributed by atoms with van der Waals surface area (Å²) in [4.78, 5) is 11.8. The fourth-order valence-corrected chi connectivity index (χ4v) is 2.73. The number of Topliss-reactive ketones (excluding diaryl/α,β-unsaturated/α-hetero) is 1. The summed E-state index contributed by atoms with van der Waals surface area (Å²) in [7, 11) is 1.69. The summed E-state index contributed by atoms with van der Waals surface area (Å²) in [5.74, 6) is 2.06. The highest BCUT2D eigenvalue weighted by atomic mass is 16.5. The quantitative estimate of drug-likeness (QED) is 0.495. The first kappa shape index (κ1) is 9.91. The van der Waals surface area contributed by atoms with Gasteiger partial charge in [0.15, 0.2) is 0 Å². The number of allylic oxidation sites excluding steroid dienone is 2. The Balaban J connectivity index is 1.79. The summed E-state index contributed by atoms with van der Waals surface area (Å²) in [5.41, 5.74) is 0. The van der Waals surface area contributed by atoms with Gasteiger partial charge in [0, 0.05) is 26.1 Å². The van der Waals surface area contributed by atoms with Crippen molar-refractivity contribution in [2.45, 2.75) is 25.7 Å². The van der Waals surface area contributed by atoms with Crippen LogP contribution in [0.4, 0.5) is 0 Å². The Morgan fingerprint density at radius 1 is 1.43 bits per heavy atom. The fourth-order valence-electron chi connectivity index (χ4n) is 2.73. The maximum Gasteiger partial charge on any atom is 0.136 e. The van der Waals surface area contributed by atoms with Crippen LogP contribution in [0.2, 0.25) is 0 Å². The highest BCUT2D eigenvalue weighted by Crippen LogP contribution is 2.44. The fraction of sp³-hybridized carbons (Fsp3) is 0.750. The maximum atomic E-state index is 11.8. The maximum absolute atomic E-state index is 11.8. The van der Waals surface area contributed by atoms with E-state index in [2.05, 4.69) is 12.2 Å². The van der Waals surface area contributed by atoms with Gasteiger partial charge in [0.2, 0.25) is 0 Å². The number of rotatable bonds is 5. The molecular formula is C12H18O2. The molecule has 2 aliphatic rings. The minimum absolute atomic E-state index is 0.335. The van der Waals surface area contributed by atoms with Gasteiger partial charge in [0.25, 0.3) is 0 Å². The molecular weight excluding hydrogens is 176 g/mol. The first-order valence-electron chi connectivity index (χ1n) is 5.51. The van der Waals surface area contributed by atoms with Crippen LogP contribution in [-0.2, 0) is 9.53 Å². The van der Waals surface area contributed by atoms with Gasteiger partial charge in [-0.3, -0.25) is 4.79 Å². The minimum atomic E-state index is 0.335. The molecule has 2 rings (SSSR count). The lowest BCUT2D eigenvalue weighted by Gasteiger charge is -2.16. The molecule has 14 heavy (non-hydrogen) atoms. The predicted molar refractivity (Wildman–Crippen MR) is 55.0 cm³/mol. The number of methoxy groups -OCH3 is 1. The van der Waals surface area contributed by atoms with Crippen LogP contribution in [0.5, 0.6) is 0 Å². The summed E-state index contributed by atoms with van der Waals surface area (Å²) in [6.45, 7) is 0.711. The van der Waals surface area contributed by atoms with Crippen molar-refractivity contribution in [3.63, 3.8) is 0 Å². The second kappa shape index (κ2) is 4.26. The van der Waals surface area contributed by atoms with Crippen LogP contribution >= 0.6 is 0 Å². The molecule has 0 saturated heterocycles. The number of ketones is 1. The van der Waals surface area contributed by atoms with Gasteiger partial charge in [-0.15, -0.1) is 0 Å². The van der Waals surface area contributed by atoms with E-state index in [-0.39, 0.29) is 0 Å². The van der Waals surface area contributed by atoms with Crippen LogP contribution < -0.4 is 0 Å². The van der Waals surface area contributed by atoms with Gasteiger partial charge in [0.05, 0.1) is 0 Å². The van der Waals surface area contributed by atoms with Crippen LogP contribution in [0, 0.1) is 17.8 Å². The Morgan fingerprint density at radius 3 is 2.86 bits per heavy atom. The van der Waals surface area contributed by atoms with Crippen LogP contribution in [0.25, 0.3) is 0 Å². The Bertz CT molecular complexity index is 245. The van der Waals surface area contributed by atoms with Gasteiger partial charge in [-0.25, -0.2) is 0 Å². The Labute approximate surface area is 85.3 Å². The van der Waals surface area contributed by atoms with Crippen molar-refractivity contribution in [2.75, 3.05) is 13.7 Å². The van der Waals surface area contributed by atoms with Gasteiger partial charge in [-0.1, -0.05) is 12.2 Å². The van der Waals surface area contributed by atoms with Gasteiger partial charge in [0.1, 0.15) is 5.78 Å². The lowest BCUT2D eigenvalue weighted by atomic mass is 9.88. The molecule has 0 aromatic rings. The normalized spacial score (nSPS) is 33.9. The van der Waals surface area contributed by atoms with Crippen molar-refractivity contribution < 1.29 is 9.53 Å². The lowest BCUT2D eigenvalue weighted by Crippen LogP contribution is -2.19. The Hall–Kier alpha value is -0.630. The van der Waals surface area contributed by atoms with Crippen LogP contribution in [0.3, 0.4) is 0 Å². The van der Waals surface area contributed by atoms with E-state index in [1.165, 1.54) is 6.42 Å². The van der Waals surface area contributed by atoms with E-state index < -0.39 is 0 Å². The molecule has 0 aromatic carbocycles. The smallest absolute Gasteiger partial charge is 0.136 e. The van der Waals surface area contributed by atoms with Crippen molar-refractivity contribution in [1.29, 1.82) is 0 Å². The van der Waals surface area contributed by atoms with Gasteiger partial charge < -0.3 is 4.74 Å². The molecule has 3 unspecified atom stereocenters. The van der Waals surface area contributed by atoms with E-state index >= 15 is 0 Å². The topological polar surface area (TPSA) is 26.3 Å². The molecule has 0 spiro atoms. The first-order valence-corrected chi connectivity index (χ1v) is 5.51. The SMILES string of the molecule is COCCCC(=O)C1CC2C=CC1C2. The average molecular weight is 194 g/mol. The van der Waals surface area contributed by atoms with Crippen molar-refractivity contribution in [3.8, 4) is 0 Å². The average Bonchev–Trinajstić information content (AvgIpc) is 2.79. The van der Waals surface area contributed by atoms with Crippen LogP contribution in [0.15, 0.2) is 12.2 Å². The molecule has 0 amide bonds. The van der Waals surface area contributed by atoms with Crippen LogP contribution in [-0.4, -0.2) is 19.5 Å². The third-order valence-electron chi connectivity index (χ3n) is 3.46. The Morgan fingerprint density at radius 2 is 2.29 bits per heavy atom. The van der Waals surface area contributed by atoms with Gasteiger partial charge >= 0.3 is 0 Å². The van der Waals surface area contributed by atoms with E-state index in [0.29, 0.717) is 36.6 Å². The zero-order chi connectivity index (χ0) is 9.97. The van der Waals surface area contributed by atoms with Crippen molar-refractivity contribution in [2.24, 2.45) is 17.8 Å². The molecule has 0 heterocycles. The molecule has 1 fully saturated rings. The number of hydrogen-bond acceptors (Lipinski definition) is 2. The second-order valence-corrected chi connectivity index (χ2v) is 4.45. The summed E-state index contributed by atoms with van der Waals surface area (Å²) in [6, 6.07) is 0. The number of hydrogen-bond donors (Lipinski definition) is 0. The second-order valence-electron chi connectivity index (χ2n) is 4.45. The molecule has 0 aromatic heterocycles. The summed E-state index contributed by atoms with van der Waals surface area (Å²) >= 11 is 0. The van der Waals surface area contributed by atoms with Crippen molar-refractivity contribution in [1.82, 2.24) is 0 Å². The minimum Gasteiger partial charge on any atom is -0.385 e.